The molecule has 0 fully saturated rings. The van der Waals surface area contributed by atoms with Crippen LogP contribution in [0.3, 0.4) is 0 Å². The van der Waals surface area contributed by atoms with Crippen LogP contribution in [0.1, 0.15) is 5.56 Å². The molecule has 0 saturated carbocycles. The van der Waals surface area contributed by atoms with E-state index in [1.165, 1.54) is 30.3 Å². The number of anilines is 1. The minimum atomic E-state index is -3.85. The molecule has 0 aromatic heterocycles. The summed E-state index contributed by atoms with van der Waals surface area (Å²) < 4.78 is 33.7. The Hall–Kier alpha value is -3.58. The fourth-order valence-corrected chi connectivity index (χ4v) is 3.46. The van der Waals surface area contributed by atoms with E-state index in [9.17, 15) is 13.2 Å². The van der Waals surface area contributed by atoms with Crippen molar-refractivity contribution in [2.24, 2.45) is 0 Å². The van der Waals surface area contributed by atoms with Gasteiger partial charge in [-0.2, -0.15) is 0 Å². The van der Waals surface area contributed by atoms with E-state index in [1.807, 2.05) is 18.2 Å². The lowest BCUT2D eigenvalue weighted by Gasteiger charge is -2.13. The minimum Gasteiger partial charge on any atom is -0.478 e. The van der Waals surface area contributed by atoms with Crippen molar-refractivity contribution in [1.82, 2.24) is 0 Å². The molecule has 0 aliphatic carbocycles. The van der Waals surface area contributed by atoms with Gasteiger partial charge in [-0.15, -0.1) is 0 Å². The zero-order chi connectivity index (χ0) is 20.0. The van der Waals surface area contributed by atoms with Gasteiger partial charge in [0, 0.05) is 6.08 Å². The first-order valence-corrected chi connectivity index (χ1v) is 9.78. The highest BCUT2D eigenvalue weighted by Crippen LogP contribution is 2.30. The van der Waals surface area contributed by atoms with E-state index in [0.717, 1.165) is 6.08 Å². The Balaban J connectivity index is 1.82. The molecule has 0 aliphatic heterocycles. The summed E-state index contributed by atoms with van der Waals surface area (Å²) in [5.74, 6) is -0.115. The Labute approximate surface area is 162 Å². The van der Waals surface area contributed by atoms with Crippen LogP contribution >= 0.6 is 0 Å². The van der Waals surface area contributed by atoms with Crippen LogP contribution in [-0.4, -0.2) is 19.5 Å². The molecule has 6 nitrogen and oxygen atoms in total. The molecule has 7 heteroatoms. The molecule has 0 spiro atoms. The van der Waals surface area contributed by atoms with Gasteiger partial charge in [0.05, 0.1) is 10.6 Å². The molecule has 0 radical (unpaired) electrons. The smallest absolute Gasteiger partial charge is 0.328 e. The predicted molar refractivity (Wildman–Crippen MR) is 107 cm³/mol. The molecule has 142 valence electrons. The van der Waals surface area contributed by atoms with Gasteiger partial charge in [-0.25, -0.2) is 13.2 Å². The number of sulfonamides is 1. The van der Waals surface area contributed by atoms with E-state index in [1.54, 1.807) is 36.4 Å². The first-order valence-electron chi connectivity index (χ1n) is 8.30. The number of hydrogen-bond acceptors (Lipinski definition) is 4. The third-order valence-corrected chi connectivity index (χ3v) is 5.09. The molecule has 0 heterocycles. The van der Waals surface area contributed by atoms with E-state index in [0.29, 0.717) is 22.7 Å². The minimum absolute atomic E-state index is 0.0505. The predicted octanol–water partition coefficient (Wildman–Crippen LogP) is 4.38. The van der Waals surface area contributed by atoms with Gasteiger partial charge in [0.2, 0.25) is 0 Å². The Morgan fingerprint density at radius 2 is 1.54 bits per heavy atom. The quantitative estimate of drug-likeness (QED) is 0.579. The molecular weight excluding hydrogens is 378 g/mol. The molecule has 28 heavy (non-hydrogen) atoms. The Morgan fingerprint density at radius 3 is 2.21 bits per heavy atom. The molecule has 3 aromatic rings. The van der Waals surface area contributed by atoms with Crippen molar-refractivity contribution in [2.45, 2.75) is 4.90 Å². The van der Waals surface area contributed by atoms with Gasteiger partial charge in [0.15, 0.2) is 5.75 Å². The summed E-state index contributed by atoms with van der Waals surface area (Å²) in [6, 6.07) is 21.7. The zero-order valence-electron chi connectivity index (χ0n) is 14.6. The molecule has 0 atom stereocenters. The standard InChI is InChI=1S/C21H17NO5S/c23-21(24)15-12-16-10-13-18(14-11-16)28(25,26)22-19-8-4-5-9-20(19)27-17-6-2-1-3-7-17/h1-15,22H,(H,23,24)/b15-12+. The fourth-order valence-electron chi connectivity index (χ4n) is 2.38. The summed E-state index contributed by atoms with van der Waals surface area (Å²) in [7, 11) is -3.85. The molecule has 0 aliphatic rings. The van der Waals surface area contributed by atoms with Gasteiger partial charge >= 0.3 is 5.97 Å². The van der Waals surface area contributed by atoms with Crippen molar-refractivity contribution < 1.29 is 23.1 Å². The summed E-state index contributed by atoms with van der Waals surface area (Å²) >= 11 is 0. The van der Waals surface area contributed by atoms with Gasteiger partial charge in [-0.1, -0.05) is 42.5 Å². The first kappa shape index (κ1) is 19.2. The van der Waals surface area contributed by atoms with Gasteiger partial charge < -0.3 is 9.84 Å². The summed E-state index contributed by atoms with van der Waals surface area (Å²) in [6.07, 6.45) is 2.37. The first-order chi connectivity index (χ1) is 13.4. The third-order valence-electron chi connectivity index (χ3n) is 3.71. The molecule has 0 unspecified atom stereocenters. The lowest BCUT2D eigenvalue weighted by atomic mass is 10.2. The molecule has 0 saturated heterocycles. The van der Waals surface area contributed by atoms with Gasteiger partial charge in [0.25, 0.3) is 10.0 Å². The molecule has 3 aromatic carbocycles. The fraction of sp³-hybridized carbons (Fsp3) is 0. The summed E-state index contributed by atoms with van der Waals surface area (Å²) in [5, 5.41) is 8.65. The maximum absolute atomic E-state index is 12.7. The van der Waals surface area contributed by atoms with Gasteiger partial charge in [-0.3, -0.25) is 4.72 Å². The number of hydrogen-bond donors (Lipinski definition) is 2. The van der Waals surface area contributed by atoms with E-state index < -0.39 is 16.0 Å². The van der Waals surface area contributed by atoms with Crippen LogP contribution in [0.5, 0.6) is 11.5 Å². The normalized spacial score (nSPS) is 11.3. The lowest BCUT2D eigenvalue weighted by molar-refractivity contribution is -0.131. The highest BCUT2D eigenvalue weighted by Gasteiger charge is 2.16. The largest absolute Gasteiger partial charge is 0.478 e. The van der Waals surface area contributed by atoms with Crippen molar-refractivity contribution >= 4 is 27.8 Å². The van der Waals surface area contributed by atoms with Crippen molar-refractivity contribution in [2.75, 3.05) is 4.72 Å². The third kappa shape index (κ3) is 4.99. The van der Waals surface area contributed by atoms with Crippen molar-refractivity contribution in [3.63, 3.8) is 0 Å². The summed E-state index contributed by atoms with van der Waals surface area (Å²) in [4.78, 5) is 10.6. The number of para-hydroxylation sites is 3. The highest BCUT2D eigenvalue weighted by molar-refractivity contribution is 7.92. The number of carbonyl (C=O) groups is 1. The number of aliphatic carboxylic acids is 1. The van der Waals surface area contributed by atoms with Crippen LogP contribution in [0.2, 0.25) is 0 Å². The maximum Gasteiger partial charge on any atom is 0.328 e. The van der Waals surface area contributed by atoms with Crippen LogP contribution in [0.4, 0.5) is 5.69 Å². The van der Waals surface area contributed by atoms with Crippen LogP contribution in [0, 0.1) is 0 Å². The SMILES string of the molecule is O=C(O)/C=C/c1ccc(S(=O)(=O)Nc2ccccc2Oc2ccccc2)cc1. The van der Waals surface area contributed by atoms with E-state index in [4.69, 9.17) is 9.84 Å². The Kier molecular flexibility index (Phi) is 5.76. The average Bonchev–Trinajstić information content (AvgIpc) is 2.69. The zero-order valence-corrected chi connectivity index (χ0v) is 15.5. The number of carboxylic acids is 1. The molecule has 2 N–H and O–H groups in total. The molecular formula is C21H17NO5S. The van der Waals surface area contributed by atoms with Crippen molar-refractivity contribution in [3.8, 4) is 11.5 Å². The lowest BCUT2D eigenvalue weighted by Crippen LogP contribution is -2.13. The summed E-state index contributed by atoms with van der Waals surface area (Å²) in [5.41, 5.74) is 0.885. The number of rotatable bonds is 7. The van der Waals surface area contributed by atoms with E-state index in [-0.39, 0.29) is 4.90 Å². The van der Waals surface area contributed by atoms with Crippen molar-refractivity contribution in [3.05, 3.63) is 90.5 Å². The maximum atomic E-state index is 12.7. The number of ether oxygens (including phenoxy) is 1. The highest BCUT2D eigenvalue weighted by atomic mass is 32.2. The molecule has 0 amide bonds. The molecule has 0 bridgehead atoms. The van der Waals surface area contributed by atoms with Gasteiger partial charge in [0.1, 0.15) is 5.75 Å². The van der Waals surface area contributed by atoms with Crippen LogP contribution in [-0.2, 0) is 14.8 Å². The Bertz CT molecular complexity index is 1090. The van der Waals surface area contributed by atoms with E-state index >= 15 is 0 Å². The molecule has 3 rings (SSSR count). The van der Waals surface area contributed by atoms with Crippen LogP contribution < -0.4 is 9.46 Å². The topological polar surface area (TPSA) is 92.7 Å². The number of benzene rings is 3. The Morgan fingerprint density at radius 1 is 0.893 bits per heavy atom. The van der Waals surface area contributed by atoms with Crippen LogP contribution in [0.25, 0.3) is 6.08 Å². The number of carboxylic acid groups (broad SMARTS) is 1. The average molecular weight is 395 g/mol. The number of nitrogens with one attached hydrogen (secondary N) is 1. The van der Waals surface area contributed by atoms with E-state index in [2.05, 4.69) is 4.72 Å². The van der Waals surface area contributed by atoms with Crippen LogP contribution in [0.15, 0.2) is 89.8 Å². The second kappa shape index (κ2) is 8.41. The monoisotopic (exact) mass is 395 g/mol. The van der Waals surface area contributed by atoms with Gasteiger partial charge in [-0.05, 0) is 48.0 Å². The summed E-state index contributed by atoms with van der Waals surface area (Å²) in [6.45, 7) is 0. The second-order valence-electron chi connectivity index (χ2n) is 5.76. The van der Waals surface area contributed by atoms with Crippen molar-refractivity contribution in [1.29, 1.82) is 0 Å². The second-order valence-corrected chi connectivity index (χ2v) is 7.44.